The molecule has 0 saturated carbocycles. The molecule has 2 aromatic carbocycles. The van der Waals surface area contributed by atoms with Crippen LogP contribution in [0.5, 0.6) is 5.75 Å². The summed E-state index contributed by atoms with van der Waals surface area (Å²) in [6.45, 7) is 2.47. The van der Waals surface area contributed by atoms with Crippen LogP contribution in [0, 0.1) is 6.92 Å². The molecule has 4 nitrogen and oxygen atoms in total. The van der Waals surface area contributed by atoms with Gasteiger partial charge in [0, 0.05) is 39.1 Å². The van der Waals surface area contributed by atoms with Gasteiger partial charge in [-0.3, -0.25) is 4.98 Å². The fourth-order valence-electron chi connectivity index (χ4n) is 3.48. The van der Waals surface area contributed by atoms with Gasteiger partial charge in [-0.15, -0.1) is 11.3 Å². The van der Waals surface area contributed by atoms with E-state index in [1.165, 1.54) is 0 Å². The SMILES string of the molecule is Cc1nccc2c1[nH]c1c(-c3cccc(OCc4nccs4)c3)cc(Cl)cc12. The number of aromatic amines is 1. The Balaban J connectivity index is 1.62. The van der Waals surface area contributed by atoms with Crippen LogP contribution in [0.1, 0.15) is 10.7 Å². The van der Waals surface area contributed by atoms with Crippen molar-refractivity contribution >= 4 is 44.7 Å². The number of hydrogen-bond donors (Lipinski definition) is 1. The number of H-pyrrole nitrogens is 1. The van der Waals surface area contributed by atoms with Crippen molar-refractivity contribution in [1.82, 2.24) is 15.0 Å². The molecule has 28 heavy (non-hydrogen) atoms. The summed E-state index contributed by atoms with van der Waals surface area (Å²) in [4.78, 5) is 12.2. The molecule has 0 saturated heterocycles. The topological polar surface area (TPSA) is 50.8 Å². The van der Waals surface area contributed by atoms with Crippen LogP contribution in [0.15, 0.2) is 60.2 Å². The number of nitrogens with zero attached hydrogens (tertiary/aromatic N) is 2. The molecule has 0 aliphatic rings. The highest BCUT2D eigenvalue weighted by Crippen LogP contribution is 2.37. The molecule has 0 radical (unpaired) electrons. The van der Waals surface area contributed by atoms with Gasteiger partial charge in [-0.05, 0) is 42.8 Å². The van der Waals surface area contributed by atoms with Crippen LogP contribution in [-0.2, 0) is 6.61 Å². The monoisotopic (exact) mass is 405 g/mol. The molecule has 0 aliphatic heterocycles. The molecule has 6 heteroatoms. The van der Waals surface area contributed by atoms with Gasteiger partial charge in [0.15, 0.2) is 0 Å². The minimum absolute atomic E-state index is 0.462. The Morgan fingerprint density at radius 1 is 1.04 bits per heavy atom. The van der Waals surface area contributed by atoms with Crippen LogP contribution in [0.4, 0.5) is 0 Å². The van der Waals surface area contributed by atoms with Gasteiger partial charge in [0.2, 0.25) is 0 Å². The summed E-state index contributed by atoms with van der Waals surface area (Å²) in [6.07, 6.45) is 3.62. The van der Waals surface area contributed by atoms with Gasteiger partial charge in [0.05, 0.1) is 16.7 Å². The maximum absolute atomic E-state index is 6.47. The van der Waals surface area contributed by atoms with Crippen LogP contribution in [0.25, 0.3) is 32.9 Å². The van der Waals surface area contributed by atoms with E-state index in [2.05, 4.69) is 21.0 Å². The second-order valence-electron chi connectivity index (χ2n) is 6.56. The van der Waals surface area contributed by atoms with Crippen LogP contribution in [-0.4, -0.2) is 15.0 Å². The van der Waals surface area contributed by atoms with Crippen molar-refractivity contribution in [3.8, 4) is 16.9 Å². The average molecular weight is 406 g/mol. The number of aromatic nitrogens is 3. The standard InChI is InChI=1S/C22H16ClN3OS/c1-13-21-17(5-6-24-13)19-11-15(23)10-18(22(19)26-21)14-3-2-4-16(9-14)27-12-20-25-7-8-28-20/h2-11,26H,12H2,1H3. The Kier molecular flexibility index (Phi) is 4.26. The highest BCUT2D eigenvalue weighted by molar-refractivity contribution is 7.09. The quantitative estimate of drug-likeness (QED) is 0.377. The first-order valence-electron chi connectivity index (χ1n) is 8.87. The molecule has 0 aliphatic carbocycles. The first-order valence-corrected chi connectivity index (χ1v) is 10.1. The number of ether oxygens (including phenoxy) is 1. The number of fused-ring (bicyclic) bond motifs is 3. The van der Waals surface area contributed by atoms with E-state index in [0.717, 1.165) is 49.4 Å². The predicted molar refractivity (Wildman–Crippen MR) is 115 cm³/mol. The Hall–Kier alpha value is -2.89. The Labute approximate surface area is 170 Å². The summed E-state index contributed by atoms with van der Waals surface area (Å²) in [6, 6.07) is 14.1. The van der Waals surface area contributed by atoms with Crippen molar-refractivity contribution in [2.75, 3.05) is 0 Å². The van der Waals surface area contributed by atoms with E-state index in [-0.39, 0.29) is 0 Å². The maximum Gasteiger partial charge on any atom is 0.140 e. The van der Waals surface area contributed by atoms with Crippen molar-refractivity contribution in [2.45, 2.75) is 13.5 Å². The molecule has 0 fully saturated rings. The number of nitrogens with one attached hydrogen (secondary N) is 1. The summed E-state index contributed by atoms with van der Waals surface area (Å²) in [5, 5.41) is 5.82. The molecule has 0 atom stereocenters. The van der Waals surface area contributed by atoms with Gasteiger partial charge in [-0.25, -0.2) is 4.98 Å². The number of pyridine rings is 1. The second kappa shape index (κ2) is 6.93. The number of aryl methyl sites for hydroxylation is 1. The molecule has 3 aromatic heterocycles. The Bertz CT molecular complexity index is 1290. The van der Waals surface area contributed by atoms with Gasteiger partial charge in [-0.1, -0.05) is 23.7 Å². The molecule has 0 bridgehead atoms. The lowest BCUT2D eigenvalue weighted by Gasteiger charge is -2.09. The lowest BCUT2D eigenvalue weighted by molar-refractivity contribution is 0.305. The zero-order valence-electron chi connectivity index (χ0n) is 15.1. The fraction of sp³-hybridized carbons (Fsp3) is 0.0909. The normalized spacial score (nSPS) is 11.4. The van der Waals surface area contributed by atoms with Crippen molar-refractivity contribution in [3.05, 3.63) is 76.0 Å². The third kappa shape index (κ3) is 3.03. The van der Waals surface area contributed by atoms with Crippen molar-refractivity contribution in [1.29, 1.82) is 0 Å². The largest absolute Gasteiger partial charge is 0.486 e. The molecule has 138 valence electrons. The zero-order chi connectivity index (χ0) is 19.1. The Morgan fingerprint density at radius 2 is 1.96 bits per heavy atom. The molecular weight excluding hydrogens is 390 g/mol. The maximum atomic E-state index is 6.47. The summed E-state index contributed by atoms with van der Waals surface area (Å²) in [5.41, 5.74) is 5.14. The van der Waals surface area contributed by atoms with Crippen LogP contribution < -0.4 is 4.74 Å². The highest BCUT2D eigenvalue weighted by Gasteiger charge is 2.13. The molecule has 0 amide bonds. The molecule has 0 unspecified atom stereocenters. The number of halogens is 1. The second-order valence-corrected chi connectivity index (χ2v) is 7.98. The minimum atomic E-state index is 0.462. The fourth-order valence-corrected chi connectivity index (χ4v) is 4.22. The van der Waals surface area contributed by atoms with Crippen LogP contribution in [0.3, 0.4) is 0 Å². The minimum Gasteiger partial charge on any atom is -0.486 e. The smallest absolute Gasteiger partial charge is 0.140 e. The van der Waals surface area contributed by atoms with Crippen molar-refractivity contribution in [2.24, 2.45) is 0 Å². The summed E-state index contributed by atoms with van der Waals surface area (Å²) < 4.78 is 5.93. The summed E-state index contributed by atoms with van der Waals surface area (Å²) in [7, 11) is 0. The van der Waals surface area contributed by atoms with E-state index in [9.17, 15) is 0 Å². The van der Waals surface area contributed by atoms with Gasteiger partial charge >= 0.3 is 0 Å². The lowest BCUT2D eigenvalue weighted by Crippen LogP contribution is -1.94. The lowest BCUT2D eigenvalue weighted by atomic mass is 10.0. The van der Waals surface area contributed by atoms with E-state index >= 15 is 0 Å². The first kappa shape index (κ1) is 17.2. The molecule has 1 N–H and O–H groups in total. The molecular formula is C22H16ClN3OS. The molecule has 5 rings (SSSR count). The number of benzene rings is 2. The van der Waals surface area contributed by atoms with E-state index in [4.69, 9.17) is 16.3 Å². The molecule has 0 spiro atoms. The molecule has 5 aromatic rings. The van der Waals surface area contributed by atoms with Crippen molar-refractivity contribution < 1.29 is 4.74 Å². The van der Waals surface area contributed by atoms with Gasteiger partial charge in [0.25, 0.3) is 0 Å². The number of rotatable bonds is 4. The van der Waals surface area contributed by atoms with E-state index in [0.29, 0.717) is 11.6 Å². The average Bonchev–Trinajstić information content (AvgIpc) is 3.35. The highest BCUT2D eigenvalue weighted by atomic mass is 35.5. The van der Waals surface area contributed by atoms with Gasteiger partial charge in [0.1, 0.15) is 17.4 Å². The number of hydrogen-bond acceptors (Lipinski definition) is 4. The first-order chi connectivity index (χ1) is 13.7. The molecule has 3 heterocycles. The summed E-state index contributed by atoms with van der Waals surface area (Å²) >= 11 is 8.06. The third-order valence-electron chi connectivity index (χ3n) is 4.77. The predicted octanol–water partition coefficient (Wildman–Crippen LogP) is 6.38. The van der Waals surface area contributed by atoms with E-state index in [1.807, 2.05) is 54.9 Å². The van der Waals surface area contributed by atoms with Crippen molar-refractivity contribution in [3.63, 3.8) is 0 Å². The van der Waals surface area contributed by atoms with Crippen LogP contribution in [0.2, 0.25) is 5.02 Å². The summed E-state index contributed by atoms with van der Waals surface area (Å²) in [5.74, 6) is 0.801. The van der Waals surface area contributed by atoms with E-state index < -0.39 is 0 Å². The number of thiazole rings is 1. The van der Waals surface area contributed by atoms with Crippen LogP contribution >= 0.6 is 22.9 Å². The third-order valence-corrected chi connectivity index (χ3v) is 5.75. The van der Waals surface area contributed by atoms with Gasteiger partial charge in [-0.2, -0.15) is 0 Å². The zero-order valence-corrected chi connectivity index (χ0v) is 16.6. The Morgan fingerprint density at radius 3 is 2.82 bits per heavy atom. The van der Waals surface area contributed by atoms with E-state index in [1.54, 1.807) is 17.5 Å². The van der Waals surface area contributed by atoms with Gasteiger partial charge < -0.3 is 9.72 Å².